The summed E-state index contributed by atoms with van der Waals surface area (Å²) in [6.07, 6.45) is 2.07. The molecule has 2 aliphatic rings. The number of hydrogen-bond donors (Lipinski definition) is 1. The largest absolute Gasteiger partial charge is 0.484 e. The highest BCUT2D eigenvalue weighted by atomic mass is 35.5. The Morgan fingerprint density at radius 1 is 1.33 bits per heavy atom. The van der Waals surface area contributed by atoms with E-state index in [0.29, 0.717) is 35.4 Å². The van der Waals surface area contributed by atoms with Gasteiger partial charge in [0.25, 0.3) is 5.91 Å². The topological polar surface area (TPSA) is 88.6 Å². The number of sulfonamides is 1. The molecule has 0 saturated heterocycles. The number of amides is 1. The van der Waals surface area contributed by atoms with Crippen molar-refractivity contribution < 1.29 is 17.9 Å². The van der Waals surface area contributed by atoms with Gasteiger partial charge in [-0.15, -0.1) is 11.3 Å². The van der Waals surface area contributed by atoms with Crippen LogP contribution >= 0.6 is 22.9 Å². The Morgan fingerprint density at radius 3 is 2.78 bits per heavy atom. The smallest absolute Gasteiger partial charge is 0.264 e. The van der Waals surface area contributed by atoms with Gasteiger partial charge < -0.3 is 4.74 Å². The monoisotopic (exact) mass is 427 g/mol. The molecule has 1 aliphatic heterocycles. The molecule has 27 heavy (non-hydrogen) atoms. The highest BCUT2D eigenvalue weighted by Crippen LogP contribution is 2.35. The lowest BCUT2D eigenvalue weighted by Crippen LogP contribution is -2.37. The van der Waals surface area contributed by atoms with E-state index in [9.17, 15) is 13.2 Å². The van der Waals surface area contributed by atoms with Crippen LogP contribution in [0.3, 0.4) is 0 Å². The molecule has 144 valence electrons. The van der Waals surface area contributed by atoms with Crippen molar-refractivity contribution in [2.75, 3.05) is 18.5 Å². The minimum atomic E-state index is -3.19. The highest BCUT2D eigenvalue weighted by molar-refractivity contribution is 7.90. The van der Waals surface area contributed by atoms with Crippen LogP contribution in [0.2, 0.25) is 5.02 Å². The number of aromatic nitrogens is 1. The molecule has 2 aromatic rings. The second-order valence-corrected chi connectivity index (χ2v) is 10.2. The van der Waals surface area contributed by atoms with Gasteiger partial charge in [-0.25, -0.2) is 13.4 Å². The maximum atomic E-state index is 12.4. The molecule has 0 bridgehead atoms. The van der Waals surface area contributed by atoms with Gasteiger partial charge in [0.15, 0.2) is 11.7 Å². The third kappa shape index (κ3) is 4.26. The molecule has 10 heteroatoms. The van der Waals surface area contributed by atoms with Crippen LogP contribution in [0, 0.1) is 0 Å². The van der Waals surface area contributed by atoms with Crippen LogP contribution in [-0.4, -0.2) is 42.0 Å². The van der Waals surface area contributed by atoms with E-state index in [-0.39, 0.29) is 17.8 Å². The number of hydrogen-bond acceptors (Lipinski definition) is 6. The summed E-state index contributed by atoms with van der Waals surface area (Å²) in [5, 5.41) is 3.57. The zero-order valence-electron chi connectivity index (χ0n) is 14.4. The summed E-state index contributed by atoms with van der Waals surface area (Å²) in [7, 11) is -3.19. The molecular weight excluding hydrogens is 410 g/mol. The first-order valence-electron chi connectivity index (χ1n) is 8.57. The Morgan fingerprint density at radius 2 is 2.07 bits per heavy atom. The molecule has 2 heterocycles. The molecule has 0 spiro atoms. The summed E-state index contributed by atoms with van der Waals surface area (Å²) in [6, 6.07) is 6.75. The Balaban J connectivity index is 1.35. The molecule has 0 atom stereocenters. The van der Waals surface area contributed by atoms with Crippen LogP contribution in [0.5, 0.6) is 5.75 Å². The fourth-order valence-electron chi connectivity index (χ4n) is 2.85. The lowest BCUT2D eigenvalue weighted by atomic mass is 10.2. The summed E-state index contributed by atoms with van der Waals surface area (Å²) in [5.41, 5.74) is 0.858. The Labute approximate surface area is 166 Å². The number of ether oxygens (including phenoxy) is 1. The Hall–Kier alpha value is -1.68. The second-order valence-electron chi connectivity index (χ2n) is 6.51. The van der Waals surface area contributed by atoms with E-state index < -0.39 is 10.0 Å². The van der Waals surface area contributed by atoms with E-state index in [1.165, 1.54) is 11.3 Å². The Kier molecular flexibility index (Phi) is 5.11. The number of fused-ring (bicyclic) bond motifs is 1. The predicted molar refractivity (Wildman–Crippen MR) is 104 cm³/mol. The van der Waals surface area contributed by atoms with Crippen molar-refractivity contribution in [1.29, 1.82) is 0 Å². The lowest BCUT2D eigenvalue weighted by molar-refractivity contribution is -0.118. The van der Waals surface area contributed by atoms with Gasteiger partial charge in [-0.05, 0) is 37.1 Å². The van der Waals surface area contributed by atoms with Crippen LogP contribution in [0.25, 0.3) is 0 Å². The van der Waals surface area contributed by atoms with Crippen LogP contribution < -0.4 is 10.1 Å². The third-order valence-electron chi connectivity index (χ3n) is 4.43. The molecule has 4 rings (SSSR count). The van der Waals surface area contributed by atoms with E-state index in [4.69, 9.17) is 16.3 Å². The van der Waals surface area contributed by atoms with Gasteiger partial charge in [-0.3, -0.25) is 10.1 Å². The van der Waals surface area contributed by atoms with Gasteiger partial charge in [0.1, 0.15) is 5.75 Å². The van der Waals surface area contributed by atoms with Gasteiger partial charge >= 0.3 is 0 Å². The summed E-state index contributed by atoms with van der Waals surface area (Å²) in [6.45, 7) is 0.639. The molecule has 1 N–H and O–H groups in total. The molecule has 1 saturated carbocycles. The van der Waals surface area contributed by atoms with Crippen LogP contribution in [0.4, 0.5) is 5.13 Å². The lowest BCUT2D eigenvalue weighted by Gasteiger charge is -2.25. The van der Waals surface area contributed by atoms with E-state index >= 15 is 0 Å². The van der Waals surface area contributed by atoms with Crippen molar-refractivity contribution in [2.45, 2.75) is 31.1 Å². The zero-order chi connectivity index (χ0) is 19.0. The normalized spacial score (nSPS) is 17.4. The molecule has 1 aliphatic carbocycles. The first-order valence-corrected chi connectivity index (χ1v) is 11.3. The summed E-state index contributed by atoms with van der Waals surface area (Å²) < 4.78 is 31.8. The van der Waals surface area contributed by atoms with E-state index in [1.807, 2.05) is 0 Å². The number of benzene rings is 1. The molecule has 7 nitrogen and oxygen atoms in total. The summed E-state index contributed by atoms with van der Waals surface area (Å²) in [5.74, 6) is 0.229. The first kappa shape index (κ1) is 18.7. The predicted octanol–water partition coefficient (Wildman–Crippen LogP) is 2.66. The van der Waals surface area contributed by atoms with Gasteiger partial charge in [0.2, 0.25) is 10.0 Å². The van der Waals surface area contributed by atoms with Gasteiger partial charge in [0, 0.05) is 29.4 Å². The minimum absolute atomic E-state index is 0.145. The van der Waals surface area contributed by atoms with Crippen LogP contribution in [0.15, 0.2) is 24.3 Å². The summed E-state index contributed by atoms with van der Waals surface area (Å²) in [4.78, 5) is 17.4. The number of anilines is 1. The molecular formula is C17H18ClN3O4S2. The van der Waals surface area contributed by atoms with Crippen molar-refractivity contribution in [1.82, 2.24) is 9.29 Å². The maximum Gasteiger partial charge on any atom is 0.264 e. The third-order valence-corrected chi connectivity index (χ3v) is 8.03. The molecule has 1 aromatic heterocycles. The fraction of sp³-hybridized carbons (Fsp3) is 0.412. The van der Waals surface area contributed by atoms with Crippen LogP contribution in [0.1, 0.15) is 23.4 Å². The maximum absolute atomic E-state index is 12.4. The van der Waals surface area contributed by atoms with Gasteiger partial charge in [-0.2, -0.15) is 4.31 Å². The number of nitrogens with zero attached hydrogens (tertiary/aromatic N) is 2. The van der Waals surface area contributed by atoms with E-state index in [2.05, 4.69) is 10.3 Å². The highest BCUT2D eigenvalue weighted by Gasteiger charge is 2.41. The van der Waals surface area contributed by atoms with Crippen molar-refractivity contribution >= 4 is 44.0 Å². The SMILES string of the molecule is O=C(COc1ccc(Cl)cc1)Nc1nc2c(s1)CN(S(=O)(=O)C1CC1)CC2. The number of rotatable bonds is 6. The van der Waals surface area contributed by atoms with Crippen molar-refractivity contribution in [3.05, 3.63) is 39.9 Å². The average Bonchev–Trinajstić information content (AvgIpc) is 3.42. The van der Waals surface area contributed by atoms with Crippen LogP contribution in [-0.2, 0) is 27.8 Å². The second kappa shape index (κ2) is 7.38. The standard InChI is InChI=1S/C17H18ClN3O4S2/c18-11-1-3-12(4-2-11)25-10-16(22)20-17-19-14-7-8-21(9-15(14)26-17)27(23,24)13-5-6-13/h1-4,13H,5-10H2,(H,19,20,22). The summed E-state index contributed by atoms with van der Waals surface area (Å²) >= 11 is 7.12. The number of halogens is 1. The first-order chi connectivity index (χ1) is 12.9. The minimum Gasteiger partial charge on any atom is -0.484 e. The molecule has 0 radical (unpaired) electrons. The van der Waals surface area contributed by atoms with E-state index in [0.717, 1.165) is 23.4 Å². The van der Waals surface area contributed by atoms with E-state index in [1.54, 1.807) is 28.6 Å². The average molecular weight is 428 g/mol. The fourth-order valence-corrected chi connectivity index (χ4v) is 5.91. The van der Waals surface area contributed by atoms with Crippen molar-refractivity contribution in [3.8, 4) is 5.75 Å². The number of thiazole rings is 1. The van der Waals surface area contributed by atoms with Gasteiger partial charge in [0.05, 0.1) is 10.9 Å². The molecule has 0 unspecified atom stereocenters. The molecule has 1 amide bonds. The molecule has 1 fully saturated rings. The number of carbonyl (C=O) groups is 1. The van der Waals surface area contributed by atoms with Crippen molar-refractivity contribution in [3.63, 3.8) is 0 Å². The quantitative estimate of drug-likeness (QED) is 0.765. The number of carbonyl (C=O) groups excluding carboxylic acids is 1. The van der Waals surface area contributed by atoms with Gasteiger partial charge in [-0.1, -0.05) is 11.6 Å². The van der Waals surface area contributed by atoms with Crippen molar-refractivity contribution in [2.24, 2.45) is 0 Å². The Bertz CT molecular complexity index is 955. The zero-order valence-corrected chi connectivity index (χ0v) is 16.7. The molecule has 1 aromatic carbocycles. The number of nitrogens with one attached hydrogen (secondary N) is 1.